The Morgan fingerprint density at radius 2 is 2.21 bits per heavy atom. The van der Waals surface area contributed by atoms with Gasteiger partial charge in [-0.1, -0.05) is 13.3 Å². The molecule has 0 spiro atoms. The van der Waals surface area contributed by atoms with E-state index >= 15 is 0 Å². The first-order valence-electron chi connectivity index (χ1n) is 6.08. The standard InChI is InChI=1S/C12H23NO/c1-3-6-12(9-13-2)7-8-14-11(12)10-4-5-10/h10-11,13H,3-9H2,1-2H3. The summed E-state index contributed by atoms with van der Waals surface area (Å²) in [5.74, 6) is 0.886. The zero-order valence-corrected chi connectivity index (χ0v) is 9.51. The normalized spacial score (nSPS) is 37.7. The Labute approximate surface area is 87.4 Å². The van der Waals surface area contributed by atoms with Gasteiger partial charge in [0.1, 0.15) is 0 Å². The van der Waals surface area contributed by atoms with E-state index in [1.807, 2.05) is 0 Å². The highest BCUT2D eigenvalue weighted by Crippen LogP contribution is 2.49. The number of hydrogen-bond acceptors (Lipinski definition) is 2. The summed E-state index contributed by atoms with van der Waals surface area (Å²) in [6, 6.07) is 0. The van der Waals surface area contributed by atoms with Crippen LogP contribution in [0.3, 0.4) is 0 Å². The summed E-state index contributed by atoms with van der Waals surface area (Å²) in [5.41, 5.74) is 0.463. The van der Waals surface area contributed by atoms with Crippen molar-refractivity contribution in [1.82, 2.24) is 5.32 Å². The largest absolute Gasteiger partial charge is 0.377 e. The number of ether oxygens (including phenoxy) is 1. The van der Waals surface area contributed by atoms with Gasteiger partial charge in [-0.2, -0.15) is 0 Å². The lowest BCUT2D eigenvalue weighted by Crippen LogP contribution is -2.40. The molecule has 1 aliphatic heterocycles. The third kappa shape index (κ3) is 1.82. The summed E-state index contributed by atoms with van der Waals surface area (Å²) in [6.07, 6.45) is 7.25. The molecule has 2 nitrogen and oxygen atoms in total. The third-order valence-corrected chi connectivity index (χ3v) is 3.83. The van der Waals surface area contributed by atoms with Crippen LogP contribution < -0.4 is 5.32 Å². The van der Waals surface area contributed by atoms with Crippen LogP contribution in [0.2, 0.25) is 0 Å². The molecule has 2 unspecified atom stereocenters. The zero-order valence-electron chi connectivity index (χ0n) is 9.51. The average Bonchev–Trinajstić information content (AvgIpc) is 2.92. The van der Waals surface area contributed by atoms with E-state index in [9.17, 15) is 0 Å². The fraction of sp³-hybridized carbons (Fsp3) is 1.00. The lowest BCUT2D eigenvalue weighted by molar-refractivity contribution is 0.0270. The molecule has 1 heterocycles. The summed E-state index contributed by atoms with van der Waals surface area (Å²) in [4.78, 5) is 0. The molecule has 0 bridgehead atoms. The smallest absolute Gasteiger partial charge is 0.0672 e. The number of nitrogens with one attached hydrogen (secondary N) is 1. The first-order chi connectivity index (χ1) is 6.82. The molecule has 0 amide bonds. The SMILES string of the molecule is CCCC1(CNC)CCOC1C1CC1. The van der Waals surface area contributed by atoms with Gasteiger partial charge >= 0.3 is 0 Å². The minimum Gasteiger partial charge on any atom is -0.377 e. The Morgan fingerprint density at radius 3 is 2.79 bits per heavy atom. The third-order valence-electron chi connectivity index (χ3n) is 3.83. The van der Waals surface area contributed by atoms with E-state index in [1.165, 1.54) is 32.1 Å². The molecule has 1 N–H and O–H groups in total. The van der Waals surface area contributed by atoms with Crippen molar-refractivity contribution in [2.24, 2.45) is 11.3 Å². The molecule has 0 aromatic heterocycles. The quantitative estimate of drug-likeness (QED) is 0.729. The minimum atomic E-state index is 0.463. The fourth-order valence-corrected chi connectivity index (χ4v) is 3.14. The van der Waals surface area contributed by atoms with E-state index in [2.05, 4.69) is 19.3 Å². The van der Waals surface area contributed by atoms with E-state index < -0.39 is 0 Å². The predicted molar refractivity (Wildman–Crippen MR) is 58.3 cm³/mol. The first kappa shape index (κ1) is 10.4. The molecular formula is C12H23NO. The number of rotatable bonds is 5. The highest BCUT2D eigenvalue weighted by atomic mass is 16.5. The van der Waals surface area contributed by atoms with Gasteiger partial charge in [-0.25, -0.2) is 0 Å². The van der Waals surface area contributed by atoms with Crippen molar-refractivity contribution in [1.29, 1.82) is 0 Å². The van der Waals surface area contributed by atoms with E-state index in [-0.39, 0.29) is 0 Å². The maximum atomic E-state index is 5.96. The Morgan fingerprint density at radius 1 is 1.43 bits per heavy atom. The molecule has 2 rings (SSSR count). The van der Waals surface area contributed by atoms with Crippen LogP contribution in [0.25, 0.3) is 0 Å². The van der Waals surface area contributed by atoms with Crippen molar-refractivity contribution >= 4 is 0 Å². The van der Waals surface area contributed by atoms with Gasteiger partial charge in [-0.3, -0.25) is 0 Å². The summed E-state index contributed by atoms with van der Waals surface area (Å²) in [6.45, 7) is 4.42. The number of hydrogen-bond donors (Lipinski definition) is 1. The molecule has 2 atom stereocenters. The lowest BCUT2D eigenvalue weighted by atomic mass is 9.75. The van der Waals surface area contributed by atoms with Crippen molar-refractivity contribution in [3.8, 4) is 0 Å². The van der Waals surface area contributed by atoms with E-state index in [4.69, 9.17) is 4.74 Å². The summed E-state index contributed by atoms with van der Waals surface area (Å²) in [7, 11) is 2.07. The van der Waals surface area contributed by atoms with Gasteiger partial charge in [-0.05, 0) is 38.6 Å². The molecule has 0 aromatic carbocycles. The molecule has 2 fully saturated rings. The molecule has 2 aliphatic rings. The van der Waals surface area contributed by atoms with Crippen LogP contribution >= 0.6 is 0 Å². The van der Waals surface area contributed by atoms with E-state index in [0.29, 0.717) is 11.5 Å². The van der Waals surface area contributed by atoms with Gasteiger partial charge in [0.05, 0.1) is 6.10 Å². The van der Waals surface area contributed by atoms with Crippen LogP contribution in [0.5, 0.6) is 0 Å². The highest BCUT2D eigenvalue weighted by Gasteiger charge is 2.49. The van der Waals surface area contributed by atoms with E-state index in [1.54, 1.807) is 0 Å². The van der Waals surface area contributed by atoms with E-state index in [0.717, 1.165) is 19.1 Å². The Hall–Kier alpha value is -0.0800. The van der Waals surface area contributed by atoms with Gasteiger partial charge in [0.2, 0.25) is 0 Å². The summed E-state index contributed by atoms with van der Waals surface area (Å²) >= 11 is 0. The summed E-state index contributed by atoms with van der Waals surface area (Å²) < 4.78 is 5.96. The highest BCUT2D eigenvalue weighted by molar-refractivity contribution is 5.00. The van der Waals surface area contributed by atoms with Crippen LogP contribution in [-0.2, 0) is 4.74 Å². The molecule has 1 saturated carbocycles. The second-order valence-corrected chi connectivity index (χ2v) is 5.02. The van der Waals surface area contributed by atoms with Gasteiger partial charge in [-0.15, -0.1) is 0 Å². The Balaban J connectivity index is 2.05. The monoisotopic (exact) mass is 197 g/mol. The van der Waals surface area contributed by atoms with Crippen LogP contribution in [0.15, 0.2) is 0 Å². The van der Waals surface area contributed by atoms with Crippen molar-refractivity contribution in [3.63, 3.8) is 0 Å². The second-order valence-electron chi connectivity index (χ2n) is 5.02. The topological polar surface area (TPSA) is 21.3 Å². The van der Waals surface area contributed by atoms with Crippen molar-refractivity contribution < 1.29 is 4.74 Å². The van der Waals surface area contributed by atoms with Gasteiger partial charge < -0.3 is 10.1 Å². The molecule has 2 heteroatoms. The maximum absolute atomic E-state index is 5.96. The predicted octanol–water partition coefficient (Wildman–Crippen LogP) is 2.19. The van der Waals surface area contributed by atoms with Crippen LogP contribution in [-0.4, -0.2) is 26.3 Å². The van der Waals surface area contributed by atoms with Crippen molar-refractivity contribution in [3.05, 3.63) is 0 Å². The lowest BCUT2D eigenvalue weighted by Gasteiger charge is -2.34. The van der Waals surface area contributed by atoms with Crippen LogP contribution in [0, 0.1) is 11.3 Å². The molecule has 14 heavy (non-hydrogen) atoms. The van der Waals surface area contributed by atoms with Gasteiger partial charge in [0.25, 0.3) is 0 Å². The Kier molecular flexibility index (Phi) is 3.13. The molecule has 82 valence electrons. The van der Waals surface area contributed by atoms with Crippen molar-refractivity contribution in [2.45, 2.75) is 45.1 Å². The van der Waals surface area contributed by atoms with Gasteiger partial charge in [0.15, 0.2) is 0 Å². The fourth-order valence-electron chi connectivity index (χ4n) is 3.14. The van der Waals surface area contributed by atoms with Crippen molar-refractivity contribution in [2.75, 3.05) is 20.2 Å². The minimum absolute atomic E-state index is 0.463. The summed E-state index contributed by atoms with van der Waals surface area (Å²) in [5, 5.41) is 3.37. The molecule has 0 aromatic rings. The Bertz CT molecular complexity index is 183. The maximum Gasteiger partial charge on any atom is 0.0672 e. The second kappa shape index (κ2) is 4.19. The molecular weight excluding hydrogens is 174 g/mol. The molecule has 1 aliphatic carbocycles. The molecule has 1 saturated heterocycles. The van der Waals surface area contributed by atoms with Gasteiger partial charge in [0, 0.05) is 18.6 Å². The first-order valence-corrected chi connectivity index (χ1v) is 6.08. The van der Waals surface area contributed by atoms with Crippen LogP contribution in [0.4, 0.5) is 0 Å². The molecule has 0 radical (unpaired) electrons. The average molecular weight is 197 g/mol. The zero-order chi connectivity index (χ0) is 10.0. The van der Waals surface area contributed by atoms with Crippen LogP contribution in [0.1, 0.15) is 39.0 Å².